The molecule has 0 unspecified atom stereocenters. The zero-order valence-corrected chi connectivity index (χ0v) is 13.7. The van der Waals surface area contributed by atoms with Gasteiger partial charge in [-0.15, -0.1) is 0 Å². The standard InChI is InChI=1S/C17H11ClF4N2O2/c18-11-7-5-10(6-8-11)16(26)9-14(17(20,21)22)23-24(16)15(25)12-3-1-2-4-13(12)19/h1-8,26H,9H2/t16-/m0/s1. The van der Waals surface area contributed by atoms with Crippen LogP contribution >= 0.6 is 11.6 Å². The molecule has 0 bridgehead atoms. The second-order valence-electron chi connectivity index (χ2n) is 5.64. The first-order valence-corrected chi connectivity index (χ1v) is 7.73. The third-order valence-corrected chi connectivity index (χ3v) is 4.17. The van der Waals surface area contributed by atoms with Crippen molar-refractivity contribution in [1.82, 2.24) is 5.01 Å². The Morgan fingerprint density at radius 1 is 1.15 bits per heavy atom. The highest BCUT2D eigenvalue weighted by atomic mass is 35.5. The minimum Gasteiger partial charge on any atom is -0.365 e. The van der Waals surface area contributed by atoms with E-state index in [-0.39, 0.29) is 10.6 Å². The van der Waals surface area contributed by atoms with Gasteiger partial charge < -0.3 is 5.11 Å². The summed E-state index contributed by atoms with van der Waals surface area (Å²) in [6.45, 7) is 0. The highest BCUT2D eigenvalue weighted by Crippen LogP contribution is 2.40. The monoisotopic (exact) mass is 386 g/mol. The third-order valence-electron chi connectivity index (χ3n) is 3.92. The highest BCUT2D eigenvalue weighted by molar-refractivity contribution is 6.30. The van der Waals surface area contributed by atoms with Crippen LogP contribution in [0.2, 0.25) is 5.02 Å². The van der Waals surface area contributed by atoms with E-state index < -0.39 is 41.3 Å². The topological polar surface area (TPSA) is 52.9 Å². The molecule has 3 rings (SSSR count). The van der Waals surface area contributed by atoms with Crippen LogP contribution < -0.4 is 0 Å². The molecule has 2 aromatic carbocycles. The Labute approximate surface area is 150 Å². The summed E-state index contributed by atoms with van der Waals surface area (Å²) in [5.74, 6) is -2.13. The fraction of sp³-hybridized carbons (Fsp3) is 0.176. The Kier molecular flexibility index (Phi) is 4.49. The van der Waals surface area contributed by atoms with Crippen LogP contribution in [0.25, 0.3) is 0 Å². The normalized spacial score (nSPS) is 20.2. The lowest BCUT2D eigenvalue weighted by molar-refractivity contribution is -0.0817. The largest absolute Gasteiger partial charge is 0.431 e. The van der Waals surface area contributed by atoms with Crippen molar-refractivity contribution in [3.8, 4) is 0 Å². The maximum Gasteiger partial charge on any atom is 0.431 e. The minimum atomic E-state index is -4.86. The van der Waals surface area contributed by atoms with Crippen molar-refractivity contribution >= 4 is 23.2 Å². The van der Waals surface area contributed by atoms with E-state index in [1.54, 1.807) is 0 Å². The van der Waals surface area contributed by atoms with Crippen molar-refractivity contribution in [2.45, 2.75) is 18.3 Å². The second-order valence-corrected chi connectivity index (χ2v) is 6.08. The van der Waals surface area contributed by atoms with Gasteiger partial charge in [0.05, 0.1) is 12.0 Å². The van der Waals surface area contributed by atoms with Crippen LogP contribution in [0.5, 0.6) is 0 Å². The van der Waals surface area contributed by atoms with E-state index in [0.717, 1.165) is 12.1 Å². The summed E-state index contributed by atoms with van der Waals surface area (Å²) in [5, 5.41) is 14.7. The van der Waals surface area contributed by atoms with Gasteiger partial charge in [-0.3, -0.25) is 4.79 Å². The summed E-state index contributed by atoms with van der Waals surface area (Å²) < 4.78 is 53.3. The van der Waals surface area contributed by atoms with Crippen molar-refractivity contribution in [3.63, 3.8) is 0 Å². The smallest absolute Gasteiger partial charge is 0.365 e. The van der Waals surface area contributed by atoms with Crippen LogP contribution in [-0.4, -0.2) is 27.9 Å². The van der Waals surface area contributed by atoms with Gasteiger partial charge in [0.15, 0.2) is 5.72 Å². The van der Waals surface area contributed by atoms with Gasteiger partial charge in [0.2, 0.25) is 0 Å². The van der Waals surface area contributed by atoms with Gasteiger partial charge in [-0.1, -0.05) is 35.9 Å². The first-order chi connectivity index (χ1) is 12.1. The number of alkyl halides is 3. The van der Waals surface area contributed by atoms with Crippen molar-refractivity contribution in [2.75, 3.05) is 0 Å². The molecule has 9 heteroatoms. The summed E-state index contributed by atoms with van der Waals surface area (Å²) in [6, 6.07) is 10.0. The molecule has 0 aromatic heterocycles. The highest BCUT2D eigenvalue weighted by Gasteiger charge is 2.53. The molecule has 0 radical (unpaired) electrons. The number of carbonyl (C=O) groups is 1. The Balaban J connectivity index is 2.10. The van der Waals surface area contributed by atoms with E-state index in [9.17, 15) is 27.5 Å². The van der Waals surface area contributed by atoms with Crippen LogP contribution in [0.15, 0.2) is 53.6 Å². The molecule has 1 N–H and O–H groups in total. The minimum absolute atomic E-state index is 0.0328. The Morgan fingerprint density at radius 3 is 2.35 bits per heavy atom. The summed E-state index contributed by atoms with van der Waals surface area (Å²) in [6.07, 6.45) is -5.84. The molecule has 136 valence electrons. The van der Waals surface area contributed by atoms with E-state index in [0.29, 0.717) is 5.02 Å². The van der Waals surface area contributed by atoms with E-state index in [2.05, 4.69) is 5.10 Å². The first-order valence-electron chi connectivity index (χ1n) is 7.35. The van der Waals surface area contributed by atoms with Crippen molar-refractivity contribution in [3.05, 3.63) is 70.5 Å². The van der Waals surface area contributed by atoms with Gasteiger partial charge in [0, 0.05) is 10.6 Å². The Morgan fingerprint density at radius 2 is 1.77 bits per heavy atom. The number of aliphatic hydroxyl groups is 1. The van der Waals surface area contributed by atoms with E-state index in [1.165, 1.54) is 36.4 Å². The molecule has 0 saturated heterocycles. The lowest BCUT2D eigenvalue weighted by Crippen LogP contribution is -2.44. The van der Waals surface area contributed by atoms with Gasteiger partial charge in [0.25, 0.3) is 5.91 Å². The van der Waals surface area contributed by atoms with Gasteiger partial charge in [-0.2, -0.15) is 23.3 Å². The molecule has 4 nitrogen and oxygen atoms in total. The maximum absolute atomic E-state index is 13.9. The summed E-state index contributed by atoms with van der Waals surface area (Å²) >= 11 is 5.76. The molecular formula is C17H11ClF4N2O2. The molecule has 0 aliphatic carbocycles. The van der Waals surface area contributed by atoms with Crippen LogP contribution in [0.4, 0.5) is 17.6 Å². The SMILES string of the molecule is O=C(c1ccccc1F)N1N=C(C(F)(F)F)C[C@]1(O)c1ccc(Cl)cc1. The third kappa shape index (κ3) is 3.17. The molecular weight excluding hydrogens is 376 g/mol. The molecule has 2 aromatic rings. The van der Waals surface area contributed by atoms with Crippen molar-refractivity contribution in [2.24, 2.45) is 5.10 Å². The molecule has 0 fully saturated rings. The van der Waals surface area contributed by atoms with Crippen LogP contribution in [0.1, 0.15) is 22.3 Å². The number of benzene rings is 2. The van der Waals surface area contributed by atoms with Gasteiger partial charge in [-0.25, -0.2) is 4.39 Å². The number of amides is 1. The van der Waals surface area contributed by atoms with E-state index in [1.807, 2.05) is 0 Å². The van der Waals surface area contributed by atoms with Crippen molar-refractivity contribution < 1.29 is 27.5 Å². The lowest BCUT2D eigenvalue weighted by Gasteiger charge is -2.31. The molecule has 1 atom stereocenters. The average Bonchev–Trinajstić information content (AvgIpc) is 2.94. The number of hydrogen-bond acceptors (Lipinski definition) is 3. The molecule has 0 saturated carbocycles. The zero-order chi connectivity index (χ0) is 19.1. The zero-order valence-electron chi connectivity index (χ0n) is 13.0. The average molecular weight is 387 g/mol. The van der Waals surface area contributed by atoms with Crippen molar-refractivity contribution in [1.29, 1.82) is 0 Å². The molecule has 1 aliphatic heterocycles. The number of hydrazone groups is 1. The molecule has 1 heterocycles. The van der Waals surface area contributed by atoms with Crippen LogP contribution in [0.3, 0.4) is 0 Å². The number of hydrogen-bond donors (Lipinski definition) is 1. The Bertz CT molecular complexity index is 883. The summed E-state index contributed by atoms with van der Waals surface area (Å²) in [4.78, 5) is 12.6. The van der Waals surface area contributed by atoms with E-state index in [4.69, 9.17) is 11.6 Å². The van der Waals surface area contributed by atoms with Gasteiger partial charge in [-0.05, 0) is 24.3 Å². The number of nitrogens with zero attached hydrogens (tertiary/aromatic N) is 2. The molecule has 26 heavy (non-hydrogen) atoms. The summed E-state index contributed by atoms with van der Waals surface area (Å²) in [7, 11) is 0. The second kappa shape index (κ2) is 6.37. The fourth-order valence-electron chi connectivity index (χ4n) is 2.61. The summed E-state index contributed by atoms with van der Waals surface area (Å²) in [5.41, 5.74) is -4.31. The predicted molar refractivity (Wildman–Crippen MR) is 86.0 cm³/mol. The van der Waals surface area contributed by atoms with Gasteiger partial charge >= 0.3 is 6.18 Å². The molecule has 1 amide bonds. The predicted octanol–water partition coefficient (Wildman–Crippen LogP) is 4.09. The Hall–Kier alpha value is -2.45. The number of carbonyl (C=O) groups excluding carboxylic acids is 1. The number of halogens is 5. The lowest BCUT2D eigenvalue weighted by atomic mass is 9.96. The van der Waals surface area contributed by atoms with Crippen LogP contribution in [-0.2, 0) is 5.72 Å². The van der Waals surface area contributed by atoms with E-state index >= 15 is 0 Å². The fourth-order valence-corrected chi connectivity index (χ4v) is 2.73. The maximum atomic E-state index is 13.9. The van der Waals surface area contributed by atoms with Crippen LogP contribution in [0, 0.1) is 5.82 Å². The number of rotatable bonds is 2. The molecule has 1 aliphatic rings. The van der Waals surface area contributed by atoms with Gasteiger partial charge in [0.1, 0.15) is 11.5 Å². The quantitative estimate of drug-likeness (QED) is 0.790. The molecule has 0 spiro atoms. The first kappa shape index (κ1) is 18.3.